The Bertz CT molecular complexity index is 1280. The van der Waals surface area contributed by atoms with E-state index in [1.54, 1.807) is 11.3 Å². The molecule has 5 aromatic rings. The zero-order valence-electron chi connectivity index (χ0n) is 16.8. The van der Waals surface area contributed by atoms with Gasteiger partial charge < -0.3 is 0 Å². The number of rotatable bonds is 4. The number of halogens is 2. The number of hydrogen-bond acceptors (Lipinski definition) is 3. The first kappa shape index (κ1) is 22.7. The first-order valence-corrected chi connectivity index (χ1v) is 13.6. The number of benzene rings is 4. The number of hydrogen-bond donors (Lipinski definition) is 0. The summed E-state index contributed by atoms with van der Waals surface area (Å²) in [5, 5.41) is 4.74. The van der Waals surface area contributed by atoms with Crippen molar-refractivity contribution in [2.24, 2.45) is 9.98 Å². The Balaban J connectivity index is 0.000000775. The van der Waals surface area contributed by atoms with Crippen LogP contribution in [-0.2, 0) is 13.1 Å². The Morgan fingerprint density at radius 1 is 0.562 bits per heavy atom. The molecule has 160 valence electrons. The first-order valence-electron chi connectivity index (χ1n) is 9.77. The van der Waals surface area contributed by atoms with Gasteiger partial charge in [0.25, 0.3) is 0 Å². The second-order valence-electron chi connectivity index (χ2n) is 6.80. The van der Waals surface area contributed by atoms with E-state index in [1.165, 1.54) is 21.5 Å². The van der Waals surface area contributed by atoms with Gasteiger partial charge in [0, 0.05) is 33.0 Å². The minimum atomic E-state index is 0.194. The predicted octanol–water partition coefficient (Wildman–Crippen LogP) is 8.93. The van der Waals surface area contributed by atoms with Crippen LogP contribution in [0.25, 0.3) is 21.5 Å². The van der Waals surface area contributed by atoms with Crippen LogP contribution in [0.3, 0.4) is 0 Å². The summed E-state index contributed by atoms with van der Waals surface area (Å²) in [4.78, 5) is 11.7. The van der Waals surface area contributed by atoms with Crippen molar-refractivity contribution in [2.75, 3.05) is 0 Å². The van der Waals surface area contributed by atoms with Crippen LogP contribution < -0.4 is 0 Å². The van der Waals surface area contributed by atoms with E-state index >= 15 is 0 Å². The molecule has 4 aromatic carbocycles. The van der Waals surface area contributed by atoms with Gasteiger partial charge >= 0.3 is 33.3 Å². The number of aliphatic imine (C=N–C) groups is 2. The van der Waals surface area contributed by atoms with Gasteiger partial charge in [-0.3, -0.25) is 9.98 Å². The molecule has 0 saturated carbocycles. The van der Waals surface area contributed by atoms with E-state index in [-0.39, 0.29) is 13.1 Å². The van der Waals surface area contributed by atoms with Crippen LogP contribution >= 0.6 is 31.5 Å². The van der Waals surface area contributed by atoms with Crippen molar-refractivity contribution in [2.45, 2.75) is 0 Å². The van der Waals surface area contributed by atoms with Crippen LogP contribution in [0.1, 0.15) is 9.75 Å². The van der Waals surface area contributed by atoms with E-state index in [2.05, 4.69) is 72.8 Å². The summed E-state index contributed by atoms with van der Waals surface area (Å²) in [6, 6.07) is 33.2. The molecule has 0 radical (unpaired) electrons. The Kier molecular flexibility index (Phi) is 8.11. The molecule has 0 atom stereocenters. The van der Waals surface area contributed by atoms with Crippen molar-refractivity contribution in [1.82, 2.24) is 0 Å². The van der Waals surface area contributed by atoms with Gasteiger partial charge in [0.05, 0.1) is 11.4 Å². The van der Waals surface area contributed by atoms with Gasteiger partial charge in [0.15, 0.2) is 0 Å². The van der Waals surface area contributed by atoms with Crippen molar-refractivity contribution >= 4 is 76.9 Å². The molecule has 6 heteroatoms. The van der Waals surface area contributed by atoms with Crippen LogP contribution in [0.4, 0.5) is 11.4 Å². The molecule has 0 unspecified atom stereocenters. The Hall–Kier alpha value is -2.46. The third-order valence-corrected chi connectivity index (χ3v) is 5.80. The molecular formula is C26H18Cl2FeN2S. The fourth-order valence-electron chi connectivity index (χ4n) is 3.42. The van der Waals surface area contributed by atoms with Crippen LogP contribution in [0.5, 0.6) is 0 Å². The van der Waals surface area contributed by atoms with Gasteiger partial charge in [-0.05, 0) is 35.0 Å². The van der Waals surface area contributed by atoms with Crippen molar-refractivity contribution in [1.29, 1.82) is 0 Å². The topological polar surface area (TPSA) is 24.7 Å². The second-order valence-corrected chi connectivity index (χ2v) is 9.77. The van der Waals surface area contributed by atoms with Gasteiger partial charge in [-0.15, -0.1) is 11.3 Å². The maximum absolute atomic E-state index is 4.76. The summed E-state index contributed by atoms with van der Waals surface area (Å²) in [6.45, 7) is 0. The summed E-state index contributed by atoms with van der Waals surface area (Å²) in [5.41, 5.74) is 1.98. The van der Waals surface area contributed by atoms with E-state index in [0.717, 1.165) is 21.1 Å². The van der Waals surface area contributed by atoms with Crippen LogP contribution in [0.2, 0.25) is 0 Å². The number of thiophene rings is 1. The summed E-state index contributed by atoms with van der Waals surface area (Å²) in [5.74, 6) is 0. The molecule has 0 aliphatic heterocycles. The molecule has 0 bridgehead atoms. The molecule has 0 aliphatic carbocycles. The Labute approximate surface area is 205 Å². The van der Waals surface area contributed by atoms with Gasteiger partial charge in [-0.1, -0.05) is 72.8 Å². The normalized spacial score (nSPS) is 11.4. The molecule has 5 rings (SSSR count). The SMILES string of the molecule is C(=Nc1cccc2ccccc12)c1ccc(C=Nc2cccc3ccccc23)s1.[Cl][Fe][Cl]. The van der Waals surface area contributed by atoms with Gasteiger partial charge in [0.1, 0.15) is 0 Å². The standard InChI is InChI=1S/C26H18N2S.2ClH.Fe/c1-3-11-23-19(7-1)9-5-13-25(23)27-17-21-15-16-22(29-21)18-28-26-14-6-10-20-8-2-4-12-24(20)26;;;/h1-18H;2*1H;/q;;;+2/p-2. The molecular weight excluding hydrogens is 499 g/mol. The third kappa shape index (κ3) is 5.66. The molecule has 1 heterocycles. The quantitative estimate of drug-likeness (QED) is 0.168. The monoisotopic (exact) mass is 516 g/mol. The third-order valence-electron chi connectivity index (χ3n) is 4.84. The zero-order valence-corrected chi connectivity index (χ0v) is 20.2. The van der Waals surface area contributed by atoms with E-state index in [9.17, 15) is 0 Å². The summed E-state index contributed by atoms with van der Waals surface area (Å²) >= 11 is 1.88. The first-order chi connectivity index (χ1) is 15.8. The van der Waals surface area contributed by atoms with Gasteiger partial charge in [-0.25, -0.2) is 0 Å². The summed E-state index contributed by atoms with van der Waals surface area (Å²) in [7, 11) is 9.53. The molecule has 0 fully saturated rings. The average Bonchev–Trinajstić information content (AvgIpc) is 3.30. The van der Waals surface area contributed by atoms with Gasteiger partial charge in [0.2, 0.25) is 0 Å². The zero-order chi connectivity index (χ0) is 22.2. The summed E-state index contributed by atoms with van der Waals surface area (Å²) in [6.07, 6.45) is 3.86. The Morgan fingerprint density at radius 3 is 1.44 bits per heavy atom. The van der Waals surface area contributed by atoms with Crippen molar-refractivity contribution in [3.8, 4) is 0 Å². The number of fused-ring (bicyclic) bond motifs is 2. The molecule has 0 spiro atoms. The van der Waals surface area contributed by atoms with Crippen molar-refractivity contribution in [3.05, 3.63) is 107 Å². The molecule has 1 aromatic heterocycles. The summed E-state index contributed by atoms with van der Waals surface area (Å²) < 4.78 is 0. The van der Waals surface area contributed by atoms with Crippen LogP contribution in [-0.4, -0.2) is 12.4 Å². The fourth-order valence-corrected chi connectivity index (χ4v) is 4.17. The van der Waals surface area contributed by atoms with E-state index < -0.39 is 0 Å². The average molecular weight is 517 g/mol. The Morgan fingerprint density at radius 2 is 0.969 bits per heavy atom. The molecule has 0 amide bonds. The maximum atomic E-state index is 4.76. The molecule has 0 N–H and O–H groups in total. The van der Waals surface area contributed by atoms with E-state index in [4.69, 9.17) is 30.2 Å². The van der Waals surface area contributed by atoms with Crippen LogP contribution in [0.15, 0.2) is 107 Å². The van der Waals surface area contributed by atoms with Gasteiger partial charge in [-0.2, -0.15) is 0 Å². The van der Waals surface area contributed by atoms with Crippen molar-refractivity contribution < 1.29 is 13.1 Å². The number of nitrogens with zero attached hydrogens (tertiary/aromatic N) is 2. The molecule has 32 heavy (non-hydrogen) atoms. The molecule has 2 nitrogen and oxygen atoms in total. The second kappa shape index (κ2) is 11.4. The fraction of sp³-hybridized carbons (Fsp3) is 0. The van der Waals surface area contributed by atoms with Crippen LogP contribution in [0, 0.1) is 0 Å². The molecule has 0 aliphatic rings. The van der Waals surface area contributed by atoms with E-state index in [1.807, 2.05) is 36.7 Å². The molecule has 0 saturated heterocycles. The van der Waals surface area contributed by atoms with Crippen molar-refractivity contribution in [3.63, 3.8) is 0 Å². The van der Waals surface area contributed by atoms with E-state index in [0.29, 0.717) is 0 Å². The minimum absolute atomic E-state index is 0.194. The predicted molar refractivity (Wildman–Crippen MR) is 138 cm³/mol.